The minimum absolute atomic E-state index is 0.117. The van der Waals surface area contributed by atoms with E-state index in [-0.39, 0.29) is 5.56 Å². The Morgan fingerprint density at radius 3 is 2.36 bits per heavy atom. The highest BCUT2D eigenvalue weighted by Crippen LogP contribution is 2.32. The van der Waals surface area contributed by atoms with Gasteiger partial charge in [0, 0.05) is 0 Å². The predicted molar refractivity (Wildman–Crippen MR) is 51.5 cm³/mol. The molecule has 0 radical (unpaired) electrons. The van der Waals surface area contributed by atoms with Gasteiger partial charge >= 0.3 is 6.18 Å². The fourth-order valence-electron chi connectivity index (χ4n) is 1.12. The standard InChI is InChI=1S/C9H10F3OP/c1-5-2-3-6(7(14)4-5)8(13)9(10,11)12/h2-4,8,13H,14H2,1H3. The number of aliphatic hydroxyl groups is 1. The van der Waals surface area contributed by atoms with E-state index >= 15 is 0 Å². The first-order chi connectivity index (χ1) is 6.32. The maximum absolute atomic E-state index is 12.2. The van der Waals surface area contributed by atoms with Gasteiger partial charge in [-0.05, 0) is 17.8 Å². The van der Waals surface area contributed by atoms with Crippen LogP contribution >= 0.6 is 9.24 Å². The van der Waals surface area contributed by atoms with Gasteiger partial charge in [-0.25, -0.2) is 0 Å². The minimum Gasteiger partial charge on any atom is -0.379 e. The average Bonchev–Trinajstić information content (AvgIpc) is 2.01. The number of alkyl halides is 3. The molecule has 0 fully saturated rings. The first-order valence-corrected chi connectivity index (χ1v) is 4.51. The number of aliphatic hydroxyl groups excluding tert-OH is 1. The van der Waals surface area contributed by atoms with Gasteiger partial charge in [0.15, 0.2) is 6.10 Å². The van der Waals surface area contributed by atoms with Gasteiger partial charge in [-0.15, -0.1) is 9.24 Å². The summed E-state index contributed by atoms with van der Waals surface area (Å²) in [5, 5.41) is 9.36. The van der Waals surface area contributed by atoms with E-state index in [4.69, 9.17) is 5.11 Å². The molecule has 78 valence electrons. The zero-order valence-corrected chi connectivity index (χ0v) is 8.62. The van der Waals surface area contributed by atoms with Crippen molar-refractivity contribution in [3.8, 4) is 0 Å². The third-order valence-corrected chi connectivity index (χ3v) is 2.35. The lowest BCUT2D eigenvalue weighted by molar-refractivity contribution is -0.206. The minimum atomic E-state index is -4.61. The van der Waals surface area contributed by atoms with Gasteiger partial charge in [0.1, 0.15) is 0 Å². The zero-order chi connectivity index (χ0) is 10.9. The monoisotopic (exact) mass is 222 g/mol. The van der Waals surface area contributed by atoms with Crippen LogP contribution in [0.4, 0.5) is 13.2 Å². The van der Waals surface area contributed by atoms with Crippen LogP contribution in [0.2, 0.25) is 0 Å². The maximum Gasteiger partial charge on any atom is 0.418 e. The van der Waals surface area contributed by atoms with E-state index in [9.17, 15) is 13.2 Å². The van der Waals surface area contributed by atoms with Gasteiger partial charge < -0.3 is 5.11 Å². The van der Waals surface area contributed by atoms with Crippen LogP contribution in [-0.2, 0) is 0 Å². The molecule has 2 unspecified atom stereocenters. The van der Waals surface area contributed by atoms with Crippen molar-refractivity contribution in [1.29, 1.82) is 0 Å². The Labute approximate surface area is 82.1 Å². The van der Waals surface area contributed by atoms with Crippen LogP contribution in [0.1, 0.15) is 17.2 Å². The number of halogens is 3. The third kappa shape index (κ3) is 2.46. The Bertz CT molecular complexity index is 335. The van der Waals surface area contributed by atoms with Gasteiger partial charge in [0.25, 0.3) is 0 Å². The van der Waals surface area contributed by atoms with E-state index < -0.39 is 12.3 Å². The number of hydrogen-bond donors (Lipinski definition) is 1. The van der Waals surface area contributed by atoms with Crippen molar-refractivity contribution in [1.82, 2.24) is 0 Å². The van der Waals surface area contributed by atoms with Crippen LogP contribution in [0.15, 0.2) is 18.2 Å². The molecule has 14 heavy (non-hydrogen) atoms. The van der Waals surface area contributed by atoms with Crippen molar-refractivity contribution in [2.75, 3.05) is 0 Å². The highest BCUT2D eigenvalue weighted by atomic mass is 31.0. The number of hydrogen-bond acceptors (Lipinski definition) is 1. The van der Waals surface area contributed by atoms with Gasteiger partial charge in [0.2, 0.25) is 0 Å². The summed E-state index contributed by atoms with van der Waals surface area (Å²) in [5.74, 6) is 0. The molecule has 0 aliphatic carbocycles. The second-order valence-corrected chi connectivity index (χ2v) is 3.70. The van der Waals surface area contributed by atoms with Crippen LogP contribution in [-0.4, -0.2) is 11.3 Å². The normalized spacial score (nSPS) is 14.1. The first kappa shape index (κ1) is 11.5. The molecule has 0 saturated heterocycles. The third-order valence-electron chi connectivity index (χ3n) is 1.85. The van der Waals surface area contributed by atoms with Crippen molar-refractivity contribution in [2.45, 2.75) is 19.2 Å². The lowest BCUT2D eigenvalue weighted by Gasteiger charge is -2.16. The molecule has 1 nitrogen and oxygen atoms in total. The Hall–Kier alpha value is -0.600. The number of benzene rings is 1. The summed E-state index contributed by atoms with van der Waals surface area (Å²) in [5.41, 5.74) is 0.737. The van der Waals surface area contributed by atoms with Crippen molar-refractivity contribution in [2.24, 2.45) is 0 Å². The molecule has 1 rings (SSSR count). The molecule has 5 heteroatoms. The smallest absolute Gasteiger partial charge is 0.379 e. The summed E-state index contributed by atoms with van der Waals surface area (Å²) in [4.78, 5) is 0. The molecule has 0 bridgehead atoms. The van der Waals surface area contributed by atoms with Gasteiger partial charge in [-0.3, -0.25) is 0 Å². The molecule has 2 atom stereocenters. The van der Waals surface area contributed by atoms with Crippen LogP contribution in [0.25, 0.3) is 0 Å². The Morgan fingerprint density at radius 2 is 1.93 bits per heavy atom. The van der Waals surface area contributed by atoms with Gasteiger partial charge in [0.05, 0.1) is 0 Å². The summed E-state index contributed by atoms with van der Waals surface area (Å²) in [6.07, 6.45) is -7.02. The quantitative estimate of drug-likeness (QED) is 0.721. The molecule has 1 aromatic carbocycles. The second-order valence-electron chi connectivity index (χ2n) is 3.08. The molecule has 0 aliphatic rings. The number of rotatable bonds is 1. The fraction of sp³-hybridized carbons (Fsp3) is 0.333. The second kappa shape index (κ2) is 3.87. The molecule has 0 heterocycles. The van der Waals surface area contributed by atoms with Crippen LogP contribution in [0, 0.1) is 6.92 Å². The molecular formula is C9H10F3OP. The van der Waals surface area contributed by atoms with Crippen LogP contribution < -0.4 is 5.30 Å². The topological polar surface area (TPSA) is 20.2 Å². The van der Waals surface area contributed by atoms with E-state index in [0.29, 0.717) is 5.30 Å². The highest BCUT2D eigenvalue weighted by Gasteiger charge is 2.39. The molecular weight excluding hydrogens is 212 g/mol. The van der Waals surface area contributed by atoms with E-state index in [2.05, 4.69) is 9.24 Å². The number of aryl methyl sites for hydroxylation is 1. The zero-order valence-electron chi connectivity index (χ0n) is 7.47. The summed E-state index contributed by atoms with van der Waals surface area (Å²) in [6.45, 7) is 1.78. The van der Waals surface area contributed by atoms with E-state index in [1.54, 1.807) is 13.0 Å². The van der Waals surface area contributed by atoms with Crippen molar-refractivity contribution in [3.63, 3.8) is 0 Å². The Balaban J connectivity index is 3.08. The first-order valence-electron chi connectivity index (χ1n) is 3.93. The average molecular weight is 222 g/mol. The Morgan fingerprint density at radius 1 is 1.36 bits per heavy atom. The van der Waals surface area contributed by atoms with E-state index in [0.717, 1.165) is 5.56 Å². The molecule has 0 saturated carbocycles. The Kier molecular flexibility index (Phi) is 3.17. The molecule has 0 aromatic heterocycles. The van der Waals surface area contributed by atoms with Crippen molar-refractivity contribution >= 4 is 14.5 Å². The lowest BCUT2D eigenvalue weighted by Crippen LogP contribution is -2.23. The summed E-state index contributed by atoms with van der Waals surface area (Å²) >= 11 is 0. The SMILES string of the molecule is Cc1ccc(C(O)C(F)(F)F)c(P)c1. The van der Waals surface area contributed by atoms with Gasteiger partial charge in [-0.2, -0.15) is 13.2 Å². The maximum atomic E-state index is 12.2. The molecule has 0 aliphatic heterocycles. The van der Waals surface area contributed by atoms with Gasteiger partial charge in [-0.1, -0.05) is 23.8 Å². The molecule has 1 aromatic rings. The molecule has 1 N–H and O–H groups in total. The summed E-state index contributed by atoms with van der Waals surface area (Å²) in [6, 6.07) is 4.41. The van der Waals surface area contributed by atoms with Crippen molar-refractivity contribution in [3.05, 3.63) is 29.3 Å². The van der Waals surface area contributed by atoms with E-state index in [1.165, 1.54) is 12.1 Å². The van der Waals surface area contributed by atoms with E-state index in [1.807, 2.05) is 0 Å². The van der Waals surface area contributed by atoms with Crippen LogP contribution in [0.5, 0.6) is 0 Å². The highest BCUT2D eigenvalue weighted by molar-refractivity contribution is 7.27. The fourth-order valence-corrected chi connectivity index (χ4v) is 1.64. The van der Waals surface area contributed by atoms with Crippen molar-refractivity contribution < 1.29 is 18.3 Å². The largest absolute Gasteiger partial charge is 0.418 e. The summed E-state index contributed by atoms with van der Waals surface area (Å²) < 4.78 is 36.5. The lowest BCUT2D eigenvalue weighted by atomic mass is 10.1. The van der Waals surface area contributed by atoms with Crippen LogP contribution in [0.3, 0.4) is 0 Å². The summed E-state index contributed by atoms with van der Waals surface area (Å²) in [7, 11) is 2.19. The molecule has 0 amide bonds. The molecule has 0 spiro atoms. The predicted octanol–water partition coefficient (Wildman–Crippen LogP) is 2.09.